The van der Waals surface area contributed by atoms with Crippen LogP contribution in [-0.2, 0) is 9.53 Å². The number of rotatable bonds is 0. The highest BCUT2D eigenvalue weighted by Gasteiger charge is 2.41. The summed E-state index contributed by atoms with van der Waals surface area (Å²) in [5.41, 5.74) is 0. The van der Waals surface area contributed by atoms with E-state index in [4.69, 9.17) is 4.74 Å². The number of likely N-dealkylation sites (tertiary alicyclic amines) is 1. The molecule has 3 unspecified atom stereocenters. The maximum atomic E-state index is 11.7. The largest absolute Gasteiger partial charge is 0.377 e. The Morgan fingerprint density at radius 2 is 2.33 bits per heavy atom. The molecule has 2 fully saturated rings. The first-order valence-electron chi connectivity index (χ1n) is 4.58. The number of carbonyl (C=O) groups is 1. The summed E-state index contributed by atoms with van der Waals surface area (Å²) >= 11 is 0. The summed E-state index contributed by atoms with van der Waals surface area (Å²) in [6.07, 6.45) is 2.14. The second kappa shape index (κ2) is 2.73. The quantitative estimate of drug-likeness (QED) is 0.532. The van der Waals surface area contributed by atoms with Crippen molar-refractivity contribution in [3.05, 3.63) is 0 Å². The molecular formula is C9H15NO2. The van der Waals surface area contributed by atoms with Gasteiger partial charge in [-0.3, -0.25) is 4.79 Å². The molecule has 2 saturated heterocycles. The lowest BCUT2D eigenvalue weighted by Crippen LogP contribution is -2.48. The maximum Gasteiger partial charge on any atom is 0.228 e. The van der Waals surface area contributed by atoms with Gasteiger partial charge in [-0.25, -0.2) is 0 Å². The van der Waals surface area contributed by atoms with E-state index in [2.05, 4.69) is 6.92 Å². The van der Waals surface area contributed by atoms with Gasteiger partial charge in [-0.15, -0.1) is 0 Å². The maximum absolute atomic E-state index is 11.7. The zero-order valence-electron chi connectivity index (χ0n) is 7.62. The van der Waals surface area contributed by atoms with E-state index in [1.165, 1.54) is 0 Å². The first-order valence-corrected chi connectivity index (χ1v) is 4.58. The lowest BCUT2D eigenvalue weighted by molar-refractivity contribution is -0.143. The van der Waals surface area contributed by atoms with Gasteiger partial charge >= 0.3 is 0 Å². The second-order valence-electron chi connectivity index (χ2n) is 3.84. The molecule has 0 radical (unpaired) electrons. The molecule has 1 amide bonds. The lowest BCUT2D eigenvalue weighted by Gasteiger charge is -2.36. The van der Waals surface area contributed by atoms with Crippen LogP contribution in [0.3, 0.4) is 0 Å². The fraction of sp³-hybridized carbons (Fsp3) is 0.889. The zero-order valence-corrected chi connectivity index (χ0v) is 7.62. The van der Waals surface area contributed by atoms with Crippen molar-refractivity contribution in [3.8, 4) is 0 Å². The molecule has 0 aromatic rings. The fourth-order valence-electron chi connectivity index (χ4n) is 2.14. The number of amides is 1. The van der Waals surface area contributed by atoms with Crippen molar-refractivity contribution in [3.63, 3.8) is 0 Å². The summed E-state index contributed by atoms with van der Waals surface area (Å²) in [5, 5.41) is 0. The summed E-state index contributed by atoms with van der Waals surface area (Å²) in [5.74, 6) is 0.433. The minimum absolute atomic E-state index is 0.159. The van der Waals surface area contributed by atoms with Crippen LogP contribution in [0.25, 0.3) is 0 Å². The van der Waals surface area contributed by atoms with E-state index in [9.17, 15) is 4.79 Å². The van der Waals surface area contributed by atoms with Gasteiger partial charge in [0.05, 0.1) is 12.0 Å². The minimum Gasteiger partial charge on any atom is -0.377 e. The normalized spacial score (nSPS) is 41.7. The van der Waals surface area contributed by atoms with Crippen LogP contribution < -0.4 is 0 Å². The molecule has 68 valence electrons. The molecule has 2 rings (SSSR count). The smallest absolute Gasteiger partial charge is 0.228 e. The van der Waals surface area contributed by atoms with Crippen molar-refractivity contribution in [2.24, 2.45) is 5.92 Å². The number of piperidine rings is 1. The first-order chi connectivity index (χ1) is 5.70. The molecular weight excluding hydrogens is 154 g/mol. The van der Waals surface area contributed by atoms with Gasteiger partial charge in [-0.05, 0) is 19.8 Å². The van der Waals surface area contributed by atoms with Gasteiger partial charge in [-0.1, -0.05) is 0 Å². The summed E-state index contributed by atoms with van der Waals surface area (Å²) in [4.78, 5) is 13.5. The first kappa shape index (κ1) is 8.05. The molecule has 0 saturated carbocycles. The van der Waals surface area contributed by atoms with E-state index in [-0.39, 0.29) is 17.9 Å². The Hall–Kier alpha value is -0.570. The number of nitrogens with zero attached hydrogens (tertiary/aromatic N) is 1. The summed E-state index contributed by atoms with van der Waals surface area (Å²) in [7, 11) is 1.89. The molecule has 3 heteroatoms. The summed E-state index contributed by atoms with van der Waals surface area (Å²) in [6.45, 7) is 2.84. The van der Waals surface area contributed by atoms with Gasteiger partial charge < -0.3 is 9.64 Å². The number of ether oxygens (including phenoxy) is 1. The molecule has 12 heavy (non-hydrogen) atoms. The van der Waals surface area contributed by atoms with E-state index in [1.54, 1.807) is 0 Å². The Morgan fingerprint density at radius 1 is 1.58 bits per heavy atom. The third kappa shape index (κ3) is 1.04. The monoisotopic (exact) mass is 169 g/mol. The van der Waals surface area contributed by atoms with Crippen molar-refractivity contribution in [1.29, 1.82) is 0 Å². The van der Waals surface area contributed by atoms with E-state index < -0.39 is 0 Å². The number of carbonyl (C=O) groups excluding carboxylic acids is 1. The SMILES string of the molecule is CC1CC2OCCC2C(=O)N1C. The Labute approximate surface area is 72.7 Å². The standard InChI is InChI=1S/C9H15NO2/c1-6-5-8-7(3-4-12-8)9(11)10(6)2/h6-8H,3-5H2,1-2H3. The lowest BCUT2D eigenvalue weighted by atomic mass is 9.90. The Bertz CT molecular complexity index is 205. The van der Waals surface area contributed by atoms with Crippen molar-refractivity contribution in [2.45, 2.75) is 31.9 Å². The molecule has 2 aliphatic rings. The van der Waals surface area contributed by atoms with Crippen LogP contribution in [0.15, 0.2) is 0 Å². The fourth-order valence-corrected chi connectivity index (χ4v) is 2.14. The van der Waals surface area contributed by atoms with Crippen LogP contribution in [0.2, 0.25) is 0 Å². The highest BCUT2D eigenvalue weighted by atomic mass is 16.5. The average molecular weight is 169 g/mol. The Kier molecular flexibility index (Phi) is 1.83. The molecule has 3 nitrogen and oxygen atoms in total. The van der Waals surface area contributed by atoms with Crippen LogP contribution in [0.5, 0.6) is 0 Å². The van der Waals surface area contributed by atoms with E-state index in [0.29, 0.717) is 6.04 Å². The Morgan fingerprint density at radius 3 is 3.08 bits per heavy atom. The predicted octanol–water partition coefficient (Wildman–Crippen LogP) is 0.642. The van der Waals surface area contributed by atoms with Crippen LogP contribution in [0.1, 0.15) is 19.8 Å². The van der Waals surface area contributed by atoms with Crippen LogP contribution in [0, 0.1) is 5.92 Å². The van der Waals surface area contributed by atoms with Crippen molar-refractivity contribution in [1.82, 2.24) is 4.90 Å². The molecule has 2 heterocycles. The van der Waals surface area contributed by atoms with Gasteiger partial charge in [0.2, 0.25) is 5.91 Å². The molecule has 0 aromatic heterocycles. The van der Waals surface area contributed by atoms with Gasteiger partial charge in [0.25, 0.3) is 0 Å². The molecule has 0 spiro atoms. The van der Waals surface area contributed by atoms with E-state index in [0.717, 1.165) is 19.4 Å². The van der Waals surface area contributed by atoms with E-state index in [1.807, 2.05) is 11.9 Å². The van der Waals surface area contributed by atoms with Gasteiger partial charge in [0.15, 0.2) is 0 Å². The minimum atomic E-state index is 0.159. The topological polar surface area (TPSA) is 29.5 Å². The molecule has 0 aromatic carbocycles. The highest BCUT2D eigenvalue weighted by Crippen LogP contribution is 2.31. The third-order valence-corrected chi connectivity index (χ3v) is 3.11. The van der Waals surface area contributed by atoms with Crippen molar-refractivity contribution < 1.29 is 9.53 Å². The second-order valence-corrected chi connectivity index (χ2v) is 3.84. The van der Waals surface area contributed by atoms with Gasteiger partial charge in [-0.2, -0.15) is 0 Å². The average Bonchev–Trinajstić information content (AvgIpc) is 2.48. The molecule has 0 aliphatic carbocycles. The van der Waals surface area contributed by atoms with Gasteiger partial charge in [0.1, 0.15) is 0 Å². The number of hydrogen-bond acceptors (Lipinski definition) is 2. The van der Waals surface area contributed by atoms with Crippen molar-refractivity contribution >= 4 is 5.91 Å². The number of fused-ring (bicyclic) bond motifs is 1. The predicted molar refractivity (Wildman–Crippen MR) is 44.7 cm³/mol. The highest BCUT2D eigenvalue weighted by molar-refractivity contribution is 5.80. The Balaban J connectivity index is 2.16. The molecule has 2 aliphatic heterocycles. The summed E-state index contributed by atoms with van der Waals surface area (Å²) < 4.78 is 5.50. The zero-order chi connectivity index (χ0) is 8.72. The number of hydrogen-bond donors (Lipinski definition) is 0. The summed E-state index contributed by atoms with van der Waals surface area (Å²) in [6, 6.07) is 0.344. The van der Waals surface area contributed by atoms with Crippen LogP contribution in [-0.4, -0.2) is 36.6 Å². The van der Waals surface area contributed by atoms with Gasteiger partial charge in [0, 0.05) is 19.7 Å². The van der Waals surface area contributed by atoms with Crippen LogP contribution >= 0.6 is 0 Å². The van der Waals surface area contributed by atoms with Crippen molar-refractivity contribution in [2.75, 3.05) is 13.7 Å². The van der Waals surface area contributed by atoms with Crippen LogP contribution in [0.4, 0.5) is 0 Å². The molecule has 0 bridgehead atoms. The molecule has 0 N–H and O–H groups in total. The van der Waals surface area contributed by atoms with E-state index >= 15 is 0 Å². The third-order valence-electron chi connectivity index (χ3n) is 3.11. The molecule has 3 atom stereocenters.